The molecule has 0 amide bonds. The Hall–Kier alpha value is -4.05. The van der Waals surface area contributed by atoms with Crippen LogP contribution in [0, 0.1) is 0 Å². The van der Waals surface area contributed by atoms with Gasteiger partial charge in [0.15, 0.2) is 0 Å². The quantitative estimate of drug-likeness (QED) is 0.105. The fourth-order valence-corrected chi connectivity index (χ4v) is 40.0. The zero-order valence-corrected chi connectivity index (χ0v) is 40.7. The minimum Gasteiger partial charge on any atom is -0.147 e. The van der Waals surface area contributed by atoms with Crippen molar-refractivity contribution in [1.82, 2.24) is 0 Å². The van der Waals surface area contributed by atoms with Crippen molar-refractivity contribution >= 4 is 87.0 Å². The van der Waals surface area contributed by atoms with Gasteiger partial charge in [-0.2, -0.15) is 0 Å². The van der Waals surface area contributed by atoms with Crippen molar-refractivity contribution in [2.75, 3.05) is 0 Å². The Labute approximate surface area is 358 Å². The molecule has 0 spiro atoms. The molecule has 2 aliphatic rings. The minimum absolute atomic E-state index is 0. The van der Waals surface area contributed by atoms with Crippen LogP contribution in [0.4, 0.5) is 0 Å². The largest absolute Gasteiger partial charge is 0.147 e. The van der Waals surface area contributed by atoms with Gasteiger partial charge in [-0.1, -0.05) is 0 Å². The van der Waals surface area contributed by atoms with Crippen molar-refractivity contribution < 1.29 is 17.1 Å². The molecule has 0 aromatic heterocycles. The third-order valence-electron chi connectivity index (χ3n) is 13.4. The summed E-state index contributed by atoms with van der Waals surface area (Å²) in [7, 11) is 0. The first kappa shape index (κ1) is 40.7. The van der Waals surface area contributed by atoms with Gasteiger partial charge in [-0.25, -0.2) is 0 Å². The van der Waals surface area contributed by atoms with E-state index in [4.69, 9.17) is 0 Å². The van der Waals surface area contributed by atoms with Crippen LogP contribution in [0.2, 0.25) is 9.36 Å². The molecule has 4 heteroatoms. The van der Waals surface area contributed by atoms with Gasteiger partial charge in [0.1, 0.15) is 0 Å². The summed E-state index contributed by atoms with van der Waals surface area (Å²) in [5.74, 6) is 0. The molecule has 2 aliphatic carbocycles. The topological polar surface area (TPSA) is 0 Å². The van der Waals surface area contributed by atoms with E-state index in [9.17, 15) is 0 Å². The molecule has 2 unspecified atom stereocenters. The minimum atomic E-state index is -4.02. The van der Waals surface area contributed by atoms with Gasteiger partial charge >= 0.3 is 337 Å². The molecule has 0 radical (unpaired) electrons. The van der Waals surface area contributed by atoms with E-state index in [0.717, 1.165) is 12.8 Å². The van der Waals surface area contributed by atoms with Crippen molar-refractivity contribution in [3.8, 4) is 22.3 Å². The van der Waals surface area contributed by atoms with Crippen LogP contribution in [-0.2, 0) is 17.1 Å². The summed E-state index contributed by atoms with van der Waals surface area (Å²) in [4.78, 5) is 0. The molecule has 0 saturated carbocycles. The van der Waals surface area contributed by atoms with Crippen LogP contribution in [0.3, 0.4) is 0 Å². The van der Waals surface area contributed by atoms with Gasteiger partial charge in [-0.3, -0.25) is 0 Å². The standard InChI is InChI=1S/2C26H21.2CH3.2ClH.Hf.H2Si/c2*1-2-8-18-15-19-10-7-14-24(25(19)16-18)26-17-20-9-3-4-11-21(20)22-12-5-6-13-23(22)26;;;;;;/h2*3-7,9-17H,2,8H2,1H3;2*1H3;2*1H;;1H2. The monoisotopic (exact) mass is 978 g/mol. The van der Waals surface area contributed by atoms with E-state index in [1.807, 2.05) is 0 Å². The van der Waals surface area contributed by atoms with Gasteiger partial charge in [0, 0.05) is 0 Å². The first-order chi connectivity index (χ1) is 27.3. The number of hydrogen-bond acceptors (Lipinski definition) is 0. The van der Waals surface area contributed by atoms with Crippen LogP contribution < -0.4 is 0 Å². The molecule has 0 nitrogen and oxygen atoms in total. The molecule has 0 N–H and O–H groups in total. The molecule has 0 bridgehead atoms. The molecule has 0 fully saturated rings. The SMILES string of the molecule is CCCC1=Cc2c(-c3cc4ccccc4c4ccccc34)cccc2[CH]1[Hf]([CH3])([CH3])(=[SiH2])[CH]1C(CCC)=Cc2c(-c3cc4ccccc4c4ccccc34)cccc21.Cl.Cl. The Morgan fingerprint density at radius 2 is 0.793 bits per heavy atom. The smallest absolute Gasteiger partial charge is 0.147 e. The number of benzene rings is 8. The Kier molecular flexibility index (Phi) is 10.9. The molecule has 58 heavy (non-hydrogen) atoms. The summed E-state index contributed by atoms with van der Waals surface area (Å²) in [6.45, 7) is 7.26. The molecule has 8 aromatic carbocycles. The number of fused-ring (bicyclic) bond motifs is 8. The van der Waals surface area contributed by atoms with Crippen molar-refractivity contribution in [2.45, 2.75) is 56.2 Å². The number of hydrogen-bond donors (Lipinski definition) is 0. The second kappa shape index (κ2) is 15.5. The Morgan fingerprint density at radius 3 is 1.19 bits per heavy atom. The average molecular weight is 978 g/mol. The zero-order chi connectivity index (χ0) is 38.2. The Bertz CT molecular complexity index is 2850. The van der Waals surface area contributed by atoms with E-state index in [1.165, 1.54) is 89.3 Å². The van der Waals surface area contributed by atoms with E-state index < -0.39 is 17.1 Å². The van der Waals surface area contributed by atoms with Gasteiger partial charge in [0.25, 0.3) is 0 Å². The van der Waals surface area contributed by atoms with E-state index in [0.29, 0.717) is 7.35 Å². The first-order valence-corrected chi connectivity index (χ1v) is 40.5. The zero-order valence-electron chi connectivity index (χ0n) is 34.0. The summed E-state index contributed by atoms with van der Waals surface area (Å²) in [6, 6.07) is 55.4. The van der Waals surface area contributed by atoms with Crippen LogP contribution in [0.15, 0.2) is 157 Å². The predicted molar refractivity (Wildman–Crippen MR) is 260 cm³/mol. The van der Waals surface area contributed by atoms with Crippen molar-refractivity contribution in [3.63, 3.8) is 0 Å². The van der Waals surface area contributed by atoms with Crippen LogP contribution in [0.1, 0.15) is 69.1 Å². The molecule has 10 rings (SSSR count). The van der Waals surface area contributed by atoms with Crippen molar-refractivity contribution in [3.05, 3.63) is 179 Å². The van der Waals surface area contributed by atoms with Gasteiger partial charge in [0.2, 0.25) is 0 Å². The second-order valence-corrected chi connectivity index (χ2v) is 61.2. The average Bonchev–Trinajstić information content (AvgIpc) is 3.80. The second-order valence-electron chi connectivity index (χ2n) is 17.7. The molecule has 0 aliphatic heterocycles. The molecule has 0 heterocycles. The van der Waals surface area contributed by atoms with Crippen LogP contribution in [0.5, 0.6) is 0 Å². The van der Waals surface area contributed by atoms with Crippen molar-refractivity contribution in [1.29, 1.82) is 0 Å². The van der Waals surface area contributed by atoms with E-state index in [1.54, 1.807) is 22.3 Å². The maximum atomic E-state index is 2.83. The van der Waals surface area contributed by atoms with Gasteiger partial charge < -0.3 is 0 Å². The van der Waals surface area contributed by atoms with E-state index in [-0.39, 0.29) is 24.8 Å². The third-order valence-corrected chi connectivity index (χ3v) is 38.6. The summed E-state index contributed by atoms with van der Waals surface area (Å²) in [5, 5.41) is 10.7. The molecular formula is C54H52Cl2HfSi. The Balaban J connectivity index is 0.00000235. The van der Waals surface area contributed by atoms with Crippen molar-refractivity contribution in [2.24, 2.45) is 0 Å². The fraction of sp³-hybridized carbons (Fsp3) is 0.185. The van der Waals surface area contributed by atoms with Crippen LogP contribution in [-0.4, -0.2) is 6.94 Å². The molecular weight excluding hydrogens is 926 g/mol. The summed E-state index contributed by atoms with van der Waals surface area (Å²) >= 11 is -4.02. The van der Waals surface area contributed by atoms with Gasteiger partial charge in [-0.05, 0) is 0 Å². The van der Waals surface area contributed by atoms with Crippen LogP contribution >= 0.6 is 24.8 Å². The summed E-state index contributed by atoms with van der Waals surface area (Å²) in [5.41, 5.74) is 14.9. The summed E-state index contributed by atoms with van der Waals surface area (Å²) < 4.78 is 6.65. The third kappa shape index (κ3) is 6.33. The van der Waals surface area contributed by atoms with Gasteiger partial charge in [0.05, 0.1) is 0 Å². The Morgan fingerprint density at radius 1 is 0.431 bits per heavy atom. The molecule has 8 aromatic rings. The summed E-state index contributed by atoms with van der Waals surface area (Å²) in [6.07, 6.45) is 9.96. The molecule has 2 atom stereocenters. The van der Waals surface area contributed by atoms with E-state index in [2.05, 4.69) is 188 Å². The predicted octanol–water partition coefficient (Wildman–Crippen LogP) is 16.0. The number of allylic oxidation sites excluding steroid dienone is 2. The maximum absolute atomic E-state index is 4.02. The number of halogens is 2. The maximum Gasteiger partial charge on any atom is -0.147 e. The molecule has 0 saturated heterocycles. The first-order valence-electron chi connectivity index (χ1n) is 20.8. The normalized spacial score (nSPS) is 16.2. The van der Waals surface area contributed by atoms with E-state index >= 15 is 0 Å². The number of rotatable bonds is 8. The molecule has 290 valence electrons. The van der Waals surface area contributed by atoms with Gasteiger partial charge in [-0.15, -0.1) is 24.8 Å². The van der Waals surface area contributed by atoms with Crippen LogP contribution in [0.25, 0.3) is 77.5 Å². The fourth-order valence-electron chi connectivity index (χ4n) is 11.4.